The van der Waals surface area contributed by atoms with Crippen molar-refractivity contribution in [1.82, 2.24) is 0 Å². The maximum Gasteiger partial charge on any atom is 0.303 e. The lowest BCUT2D eigenvalue weighted by Gasteiger charge is -2.14. The summed E-state index contributed by atoms with van der Waals surface area (Å²) in [6.45, 7) is 11.9. The van der Waals surface area contributed by atoms with Gasteiger partial charge >= 0.3 is 5.97 Å². The van der Waals surface area contributed by atoms with Crippen LogP contribution in [0.2, 0.25) is 0 Å². The van der Waals surface area contributed by atoms with E-state index >= 15 is 0 Å². The third-order valence-corrected chi connectivity index (χ3v) is 2.77. The molecular formula is C16H29NO3. The van der Waals surface area contributed by atoms with Crippen LogP contribution in [0.3, 0.4) is 0 Å². The van der Waals surface area contributed by atoms with Crippen LogP contribution in [0.15, 0.2) is 6.07 Å². The molecule has 0 aliphatic heterocycles. The maximum atomic E-state index is 10.5. The summed E-state index contributed by atoms with van der Waals surface area (Å²) in [6, 6.07) is 1.81. The molecule has 0 radical (unpaired) electrons. The summed E-state index contributed by atoms with van der Waals surface area (Å²) in [5.74, 6) is -0.578. The first-order chi connectivity index (χ1) is 9.47. The summed E-state index contributed by atoms with van der Waals surface area (Å²) in [5.41, 5.74) is 8.90. The molecule has 4 heteroatoms. The summed E-state index contributed by atoms with van der Waals surface area (Å²) >= 11 is 0. The molecule has 0 bridgehead atoms. The van der Waals surface area contributed by atoms with Gasteiger partial charge in [0.1, 0.15) is 5.75 Å². The number of carboxylic acid groups (broad SMARTS) is 1. The molecule has 116 valence electrons. The van der Waals surface area contributed by atoms with Gasteiger partial charge in [-0.2, -0.15) is 0 Å². The van der Waals surface area contributed by atoms with E-state index in [1.807, 2.05) is 33.8 Å². The maximum absolute atomic E-state index is 10.5. The minimum absolute atomic E-state index is 0.0800. The molecule has 0 saturated heterocycles. The molecule has 0 amide bonds. The lowest BCUT2D eigenvalue weighted by molar-refractivity contribution is -0.136. The summed E-state index contributed by atoms with van der Waals surface area (Å²) in [7, 11) is 0. The molecule has 0 fully saturated rings. The molecule has 4 N–H and O–H groups in total. The quantitative estimate of drug-likeness (QED) is 0.789. The van der Waals surface area contributed by atoms with Crippen molar-refractivity contribution in [3.8, 4) is 5.75 Å². The SMILES string of the molecule is CC.CC.Cc1cc(CCC(=O)O)c(CN)c(C)c1O. The number of nitrogens with two attached hydrogens (primary N) is 1. The zero-order chi connectivity index (χ0) is 16.3. The van der Waals surface area contributed by atoms with E-state index in [1.54, 1.807) is 13.8 Å². The summed E-state index contributed by atoms with van der Waals surface area (Å²) in [4.78, 5) is 10.5. The van der Waals surface area contributed by atoms with Crippen molar-refractivity contribution in [2.75, 3.05) is 0 Å². The van der Waals surface area contributed by atoms with Gasteiger partial charge in [0, 0.05) is 13.0 Å². The van der Waals surface area contributed by atoms with Gasteiger partial charge in [-0.25, -0.2) is 0 Å². The minimum atomic E-state index is -0.827. The zero-order valence-electron chi connectivity index (χ0n) is 13.6. The molecule has 0 saturated carbocycles. The molecule has 0 atom stereocenters. The molecular weight excluding hydrogens is 254 g/mol. The van der Waals surface area contributed by atoms with Gasteiger partial charge in [-0.05, 0) is 42.5 Å². The monoisotopic (exact) mass is 283 g/mol. The highest BCUT2D eigenvalue weighted by Gasteiger charge is 2.12. The number of aliphatic carboxylic acids is 1. The highest BCUT2D eigenvalue weighted by atomic mass is 16.4. The summed E-state index contributed by atoms with van der Waals surface area (Å²) in [5, 5.41) is 18.4. The van der Waals surface area contributed by atoms with Crippen LogP contribution in [0.4, 0.5) is 0 Å². The fourth-order valence-corrected chi connectivity index (χ4v) is 1.85. The number of carboxylic acids is 1. The number of aryl methyl sites for hydroxylation is 2. The Labute approximate surface area is 122 Å². The van der Waals surface area contributed by atoms with Crippen LogP contribution >= 0.6 is 0 Å². The Morgan fingerprint density at radius 1 is 1.20 bits per heavy atom. The number of aromatic hydroxyl groups is 1. The van der Waals surface area contributed by atoms with Crippen molar-refractivity contribution >= 4 is 5.97 Å². The number of carbonyl (C=O) groups is 1. The predicted molar refractivity (Wildman–Crippen MR) is 84.1 cm³/mol. The van der Waals surface area contributed by atoms with Crippen molar-refractivity contribution in [1.29, 1.82) is 0 Å². The van der Waals surface area contributed by atoms with Crippen LogP contribution in [0.25, 0.3) is 0 Å². The number of phenolic OH excluding ortho intramolecular Hbond substituents is 1. The lowest BCUT2D eigenvalue weighted by Crippen LogP contribution is -2.07. The molecule has 0 unspecified atom stereocenters. The fourth-order valence-electron chi connectivity index (χ4n) is 1.85. The predicted octanol–water partition coefficient (Wildman–Crippen LogP) is 3.54. The van der Waals surface area contributed by atoms with Gasteiger partial charge in [0.25, 0.3) is 0 Å². The first-order valence-electron chi connectivity index (χ1n) is 7.20. The second-order valence-electron chi connectivity index (χ2n) is 3.90. The topological polar surface area (TPSA) is 83.5 Å². The van der Waals surface area contributed by atoms with Crippen LogP contribution in [0.5, 0.6) is 5.75 Å². The molecule has 0 aromatic heterocycles. The van der Waals surface area contributed by atoms with E-state index in [1.165, 1.54) is 0 Å². The molecule has 0 heterocycles. The molecule has 1 aromatic carbocycles. The van der Waals surface area contributed by atoms with Crippen LogP contribution in [-0.4, -0.2) is 16.2 Å². The Kier molecular flexibility index (Phi) is 11.7. The van der Waals surface area contributed by atoms with Gasteiger partial charge < -0.3 is 15.9 Å². The Hall–Kier alpha value is -1.55. The first-order valence-corrected chi connectivity index (χ1v) is 7.20. The second-order valence-corrected chi connectivity index (χ2v) is 3.90. The Balaban J connectivity index is 0. The zero-order valence-corrected chi connectivity index (χ0v) is 13.6. The highest BCUT2D eigenvalue weighted by Crippen LogP contribution is 2.28. The lowest BCUT2D eigenvalue weighted by atomic mass is 9.95. The molecule has 1 aromatic rings. The summed E-state index contributed by atoms with van der Waals surface area (Å²) < 4.78 is 0. The average Bonchev–Trinajstić information content (AvgIpc) is 2.47. The highest BCUT2D eigenvalue weighted by molar-refractivity contribution is 5.67. The van der Waals surface area contributed by atoms with Gasteiger partial charge in [-0.3, -0.25) is 4.79 Å². The van der Waals surface area contributed by atoms with E-state index < -0.39 is 5.97 Å². The Morgan fingerprint density at radius 2 is 1.70 bits per heavy atom. The number of phenols is 1. The van der Waals surface area contributed by atoms with E-state index in [0.717, 1.165) is 22.3 Å². The number of benzene rings is 1. The van der Waals surface area contributed by atoms with E-state index in [4.69, 9.17) is 10.8 Å². The molecule has 4 nitrogen and oxygen atoms in total. The minimum Gasteiger partial charge on any atom is -0.507 e. The Bertz CT molecular complexity index is 415. The largest absolute Gasteiger partial charge is 0.507 e. The van der Waals surface area contributed by atoms with Crippen molar-refractivity contribution in [2.24, 2.45) is 5.73 Å². The fraction of sp³-hybridized carbons (Fsp3) is 0.562. The van der Waals surface area contributed by atoms with Crippen molar-refractivity contribution in [3.63, 3.8) is 0 Å². The van der Waals surface area contributed by atoms with Crippen molar-refractivity contribution in [2.45, 2.75) is 60.9 Å². The molecule has 0 aliphatic rings. The van der Waals surface area contributed by atoms with E-state index in [0.29, 0.717) is 13.0 Å². The van der Waals surface area contributed by atoms with Gasteiger partial charge in [-0.1, -0.05) is 33.8 Å². The van der Waals surface area contributed by atoms with Gasteiger partial charge in [0.05, 0.1) is 0 Å². The number of hydrogen-bond donors (Lipinski definition) is 3. The first kappa shape index (κ1) is 20.8. The number of hydrogen-bond acceptors (Lipinski definition) is 3. The van der Waals surface area contributed by atoms with Crippen LogP contribution in [0, 0.1) is 13.8 Å². The van der Waals surface area contributed by atoms with Gasteiger partial charge in [-0.15, -0.1) is 0 Å². The van der Waals surface area contributed by atoms with Gasteiger partial charge in [0.2, 0.25) is 0 Å². The normalized spacial score (nSPS) is 8.95. The van der Waals surface area contributed by atoms with E-state index in [-0.39, 0.29) is 12.2 Å². The van der Waals surface area contributed by atoms with E-state index in [9.17, 15) is 9.90 Å². The van der Waals surface area contributed by atoms with Crippen molar-refractivity contribution < 1.29 is 15.0 Å². The van der Waals surface area contributed by atoms with E-state index in [2.05, 4.69) is 0 Å². The third kappa shape index (κ3) is 6.06. The standard InChI is InChI=1S/C12H17NO3.2C2H6/c1-7-5-9(3-4-11(14)15)10(6-13)8(2)12(7)16;2*1-2/h5,16H,3-4,6,13H2,1-2H3,(H,14,15);2*1-2H3. The van der Waals surface area contributed by atoms with Crippen molar-refractivity contribution in [3.05, 3.63) is 28.3 Å². The molecule has 0 aliphatic carbocycles. The van der Waals surface area contributed by atoms with Crippen LogP contribution < -0.4 is 5.73 Å². The van der Waals surface area contributed by atoms with Gasteiger partial charge in [0.15, 0.2) is 0 Å². The summed E-state index contributed by atoms with van der Waals surface area (Å²) in [6.07, 6.45) is 0.528. The van der Waals surface area contributed by atoms with Crippen LogP contribution in [-0.2, 0) is 17.8 Å². The molecule has 1 rings (SSSR count). The average molecular weight is 283 g/mol. The number of rotatable bonds is 4. The molecule has 20 heavy (non-hydrogen) atoms. The second kappa shape index (κ2) is 11.3. The third-order valence-electron chi connectivity index (χ3n) is 2.77. The van der Waals surface area contributed by atoms with Crippen LogP contribution in [0.1, 0.15) is 56.4 Å². The molecule has 0 spiro atoms. The Morgan fingerprint density at radius 3 is 2.10 bits per heavy atom. The smallest absolute Gasteiger partial charge is 0.303 e.